The first-order valence-electron chi connectivity index (χ1n) is 6.64. The number of aryl methyl sites for hydroxylation is 1. The standard InChI is InChI=1S/C16H17N3O/c1-3-16-18-14-9-11(17)7-8-15(14)19(16)12-5-4-6-13(10-12)20-2/h4-10H,3,17H2,1-2H3. The Morgan fingerprint density at radius 1 is 1.20 bits per heavy atom. The number of hydrogen-bond acceptors (Lipinski definition) is 3. The summed E-state index contributed by atoms with van der Waals surface area (Å²) in [6.07, 6.45) is 0.853. The minimum atomic E-state index is 0.732. The number of fused-ring (bicyclic) bond motifs is 1. The number of nitrogens with two attached hydrogens (primary N) is 1. The van der Waals surface area contributed by atoms with Gasteiger partial charge in [0, 0.05) is 18.2 Å². The van der Waals surface area contributed by atoms with Crippen LogP contribution in [0.1, 0.15) is 12.7 Å². The fourth-order valence-corrected chi connectivity index (χ4v) is 2.42. The van der Waals surface area contributed by atoms with Crippen molar-refractivity contribution in [3.8, 4) is 11.4 Å². The maximum atomic E-state index is 5.84. The SMILES string of the molecule is CCc1nc2cc(N)ccc2n1-c1cccc(OC)c1. The lowest BCUT2D eigenvalue weighted by Gasteiger charge is -2.09. The zero-order valence-corrected chi connectivity index (χ0v) is 11.6. The number of nitrogen functional groups attached to an aromatic ring is 1. The zero-order chi connectivity index (χ0) is 14.1. The number of hydrogen-bond donors (Lipinski definition) is 1. The molecule has 2 aromatic carbocycles. The molecule has 1 heterocycles. The molecule has 4 nitrogen and oxygen atoms in total. The van der Waals surface area contributed by atoms with Gasteiger partial charge in [-0.1, -0.05) is 13.0 Å². The third-order valence-electron chi connectivity index (χ3n) is 3.38. The van der Waals surface area contributed by atoms with Crippen molar-refractivity contribution in [1.29, 1.82) is 0 Å². The number of imidazole rings is 1. The summed E-state index contributed by atoms with van der Waals surface area (Å²) in [5, 5.41) is 0. The first-order valence-corrected chi connectivity index (χ1v) is 6.64. The lowest BCUT2D eigenvalue weighted by atomic mass is 10.2. The molecule has 0 atom stereocenters. The first kappa shape index (κ1) is 12.5. The molecule has 2 N–H and O–H groups in total. The average Bonchev–Trinajstić information content (AvgIpc) is 2.84. The molecule has 3 aromatic rings. The molecular formula is C16H17N3O. The van der Waals surface area contributed by atoms with E-state index in [9.17, 15) is 0 Å². The van der Waals surface area contributed by atoms with Crippen molar-refractivity contribution in [2.45, 2.75) is 13.3 Å². The van der Waals surface area contributed by atoms with Crippen molar-refractivity contribution in [1.82, 2.24) is 9.55 Å². The minimum Gasteiger partial charge on any atom is -0.497 e. The van der Waals surface area contributed by atoms with E-state index < -0.39 is 0 Å². The van der Waals surface area contributed by atoms with Gasteiger partial charge in [0.2, 0.25) is 0 Å². The Bertz CT molecular complexity index is 762. The molecule has 0 spiro atoms. The van der Waals surface area contributed by atoms with Crippen LogP contribution in [-0.4, -0.2) is 16.7 Å². The van der Waals surface area contributed by atoms with Gasteiger partial charge in [0.1, 0.15) is 11.6 Å². The topological polar surface area (TPSA) is 53.1 Å². The van der Waals surface area contributed by atoms with E-state index in [4.69, 9.17) is 10.5 Å². The van der Waals surface area contributed by atoms with E-state index in [0.29, 0.717) is 0 Å². The van der Waals surface area contributed by atoms with Crippen LogP contribution in [0.25, 0.3) is 16.7 Å². The highest BCUT2D eigenvalue weighted by Crippen LogP contribution is 2.25. The highest BCUT2D eigenvalue weighted by molar-refractivity contribution is 5.81. The van der Waals surface area contributed by atoms with Crippen LogP contribution in [0.2, 0.25) is 0 Å². The fraction of sp³-hybridized carbons (Fsp3) is 0.188. The van der Waals surface area contributed by atoms with E-state index in [1.165, 1.54) is 0 Å². The molecule has 0 amide bonds. The molecule has 20 heavy (non-hydrogen) atoms. The quantitative estimate of drug-likeness (QED) is 0.741. The first-order chi connectivity index (χ1) is 9.72. The lowest BCUT2D eigenvalue weighted by molar-refractivity contribution is 0.414. The minimum absolute atomic E-state index is 0.732. The molecule has 3 rings (SSSR count). The Hall–Kier alpha value is -2.49. The van der Waals surface area contributed by atoms with Crippen LogP contribution < -0.4 is 10.5 Å². The van der Waals surface area contributed by atoms with E-state index in [2.05, 4.69) is 22.5 Å². The van der Waals surface area contributed by atoms with Crippen molar-refractivity contribution in [2.75, 3.05) is 12.8 Å². The summed E-state index contributed by atoms with van der Waals surface area (Å²) in [5.41, 5.74) is 9.60. The normalized spacial score (nSPS) is 10.9. The van der Waals surface area contributed by atoms with Gasteiger partial charge in [0.15, 0.2) is 0 Å². The smallest absolute Gasteiger partial charge is 0.120 e. The monoisotopic (exact) mass is 267 g/mol. The molecule has 0 saturated carbocycles. The van der Waals surface area contributed by atoms with Crippen molar-refractivity contribution in [2.24, 2.45) is 0 Å². The lowest BCUT2D eigenvalue weighted by Crippen LogP contribution is -2.00. The van der Waals surface area contributed by atoms with Gasteiger partial charge in [-0.2, -0.15) is 0 Å². The van der Waals surface area contributed by atoms with Gasteiger partial charge >= 0.3 is 0 Å². The van der Waals surface area contributed by atoms with Crippen LogP contribution in [0, 0.1) is 0 Å². The van der Waals surface area contributed by atoms with Crippen LogP contribution in [-0.2, 0) is 6.42 Å². The average molecular weight is 267 g/mol. The molecule has 102 valence electrons. The number of methoxy groups -OCH3 is 1. The molecule has 0 bridgehead atoms. The van der Waals surface area contributed by atoms with Gasteiger partial charge in [-0.05, 0) is 30.3 Å². The van der Waals surface area contributed by atoms with E-state index in [-0.39, 0.29) is 0 Å². The largest absolute Gasteiger partial charge is 0.497 e. The molecule has 0 unspecified atom stereocenters. The highest BCUT2D eigenvalue weighted by Gasteiger charge is 2.11. The van der Waals surface area contributed by atoms with Crippen molar-refractivity contribution in [3.05, 3.63) is 48.3 Å². The number of nitrogens with zero attached hydrogens (tertiary/aromatic N) is 2. The second-order valence-electron chi connectivity index (χ2n) is 4.67. The van der Waals surface area contributed by atoms with E-state index in [1.807, 2.05) is 36.4 Å². The maximum Gasteiger partial charge on any atom is 0.120 e. The summed E-state index contributed by atoms with van der Waals surface area (Å²) in [4.78, 5) is 4.67. The van der Waals surface area contributed by atoms with Crippen LogP contribution in [0.3, 0.4) is 0 Å². The predicted molar refractivity (Wildman–Crippen MR) is 81.4 cm³/mol. The third-order valence-corrected chi connectivity index (χ3v) is 3.38. The van der Waals surface area contributed by atoms with Crippen molar-refractivity contribution >= 4 is 16.7 Å². The van der Waals surface area contributed by atoms with Gasteiger partial charge in [0.25, 0.3) is 0 Å². The summed E-state index contributed by atoms with van der Waals surface area (Å²) in [6.45, 7) is 2.10. The van der Waals surface area contributed by atoms with Crippen LogP contribution in [0.4, 0.5) is 5.69 Å². The molecule has 0 radical (unpaired) electrons. The van der Waals surface area contributed by atoms with Crippen molar-refractivity contribution in [3.63, 3.8) is 0 Å². The van der Waals surface area contributed by atoms with E-state index in [1.54, 1.807) is 7.11 Å². The molecule has 0 fully saturated rings. The van der Waals surface area contributed by atoms with Crippen LogP contribution in [0.5, 0.6) is 5.75 Å². The third kappa shape index (κ3) is 1.99. The molecular weight excluding hydrogens is 250 g/mol. The van der Waals surface area contributed by atoms with Gasteiger partial charge in [-0.15, -0.1) is 0 Å². The van der Waals surface area contributed by atoms with Gasteiger partial charge in [-0.3, -0.25) is 4.57 Å². The number of benzene rings is 2. The van der Waals surface area contributed by atoms with E-state index in [0.717, 1.165) is 40.4 Å². The number of anilines is 1. The molecule has 4 heteroatoms. The number of rotatable bonds is 3. The Morgan fingerprint density at radius 3 is 2.80 bits per heavy atom. The Kier molecular flexibility index (Phi) is 3.06. The van der Waals surface area contributed by atoms with Crippen molar-refractivity contribution < 1.29 is 4.74 Å². The highest BCUT2D eigenvalue weighted by atomic mass is 16.5. The van der Waals surface area contributed by atoms with Crippen LogP contribution >= 0.6 is 0 Å². The zero-order valence-electron chi connectivity index (χ0n) is 11.6. The fourth-order valence-electron chi connectivity index (χ4n) is 2.42. The van der Waals surface area contributed by atoms with Gasteiger partial charge in [-0.25, -0.2) is 4.98 Å². The maximum absolute atomic E-state index is 5.84. The summed E-state index contributed by atoms with van der Waals surface area (Å²) in [7, 11) is 1.67. The summed E-state index contributed by atoms with van der Waals surface area (Å²) in [5.74, 6) is 1.85. The molecule has 0 saturated heterocycles. The molecule has 0 aliphatic carbocycles. The molecule has 0 aliphatic rings. The Balaban J connectivity index is 2.28. The molecule has 1 aromatic heterocycles. The summed E-state index contributed by atoms with van der Waals surface area (Å²) < 4.78 is 7.45. The predicted octanol–water partition coefficient (Wildman–Crippen LogP) is 3.18. The van der Waals surface area contributed by atoms with Gasteiger partial charge < -0.3 is 10.5 Å². The van der Waals surface area contributed by atoms with Gasteiger partial charge in [0.05, 0.1) is 23.8 Å². The number of aromatic nitrogens is 2. The summed E-state index contributed by atoms with van der Waals surface area (Å²) in [6, 6.07) is 13.8. The number of ether oxygens (including phenoxy) is 1. The van der Waals surface area contributed by atoms with Crippen LogP contribution in [0.15, 0.2) is 42.5 Å². The molecule has 0 aliphatic heterocycles. The Labute approximate surface area is 117 Å². The van der Waals surface area contributed by atoms with E-state index >= 15 is 0 Å². The second kappa shape index (κ2) is 4.89. The second-order valence-corrected chi connectivity index (χ2v) is 4.67. The summed E-state index contributed by atoms with van der Waals surface area (Å²) >= 11 is 0. The Morgan fingerprint density at radius 2 is 2.05 bits per heavy atom.